The predicted octanol–water partition coefficient (Wildman–Crippen LogP) is 4.43. The van der Waals surface area contributed by atoms with Gasteiger partial charge in [-0.1, -0.05) is 24.6 Å². The van der Waals surface area contributed by atoms with E-state index >= 15 is 0 Å². The first-order valence-corrected chi connectivity index (χ1v) is 5.64. The fourth-order valence-corrected chi connectivity index (χ4v) is 3.00. The second kappa shape index (κ2) is 3.32. The van der Waals surface area contributed by atoms with Crippen LogP contribution in [0.25, 0.3) is 10.1 Å². The lowest BCUT2D eigenvalue weighted by atomic mass is 10.1. The van der Waals surface area contributed by atoms with Gasteiger partial charge in [0.05, 0.1) is 9.72 Å². The van der Waals surface area contributed by atoms with Gasteiger partial charge in [0.25, 0.3) is 0 Å². The molecular weight excluding hydrogens is 200 g/mol. The van der Waals surface area contributed by atoms with Crippen molar-refractivity contribution in [3.05, 3.63) is 33.7 Å². The maximum absolute atomic E-state index is 6.14. The van der Waals surface area contributed by atoms with E-state index in [2.05, 4.69) is 25.3 Å². The number of hydrogen-bond donors (Lipinski definition) is 0. The summed E-state index contributed by atoms with van der Waals surface area (Å²) in [6.45, 7) is 4.26. The molecule has 0 spiro atoms. The Kier molecular flexibility index (Phi) is 2.31. The monoisotopic (exact) mass is 210 g/mol. The second-order valence-corrected chi connectivity index (χ2v) is 4.52. The summed E-state index contributed by atoms with van der Waals surface area (Å²) in [6, 6.07) is 4.25. The molecule has 0 saturated heterocycles. The van der Waals surface area contributed by atoms with Crippen LogP contribution in [0.2, 0.25) is 5.02 Å². The largest absolute Gasteiger partial charge is 0.142 e. The van der Waals surface area contributed by atoms with E-state index in [0.29, 0.717) is 0 Å². The molecule has 0 aliphatic rings. The molecule has 0 nitrogen and oxygen atoms in total. The molecule has 0 N–H and O–H groups in total. The Morgan fingerprint density at radius 1 is 1.38 bits per heavy atom. The Bertz CT molecular complexity index is 443. The van der Waals surface area contributed by atoms with Gasteiger partial charge in [0.2, 0.25) is 0 Å². The van der Waals surface area contributed by atoms with Crippen LogP contribution in [0.1, 0.15) is 18.1 Å². The lowest BCUT2D eigenvalue weighted by Crippen LogP contribution is -1.78. The fraction of sp³-hybridized carbons (Fsp3) is 0.273. The summed E-state index contributed by atoms with van der Waals surface area (Å²) in [6.07, 6.45) is 1.08. The third-order valence-corrected chi connectivity index (χ3v) is 3.72. The summed E-state index contributed by atoms with van der Waals surface area (Å²) in [5.41, 5.74) is 2.65. The van der Waals surface area contributed by atoms with Gasteiger partial charge in [0.15, 0.2) is 0 Å². The highest BCUT2D eigenvalue weighted by Crippen LogP contribution is 2.33. The molecule has 0 amide bonds. The summed E-state index contributed by atoms with van der Waals surface area (Å²) in [5, 5.41) is 4.42. The summed E-state index contributed by atoms with van der Waals surface area (Å²) in [7, 11) is 0. The minimum absolute atomic E-state index is 0.889. The zero-order valence-corrected chi connectivity index (χ0v) is 9.30. The standard InChI is InChI=1S/C11H11ClS/c1-3-8-6-13-11-9(8)4-7(2)5-10(11)12/h4-6H,3H2,1-2H3. The number of thiophene rings is 1. The van der Waals surface area contributed by atoms with E-state index < -0.39 is 0 Å². The molecule has 2 rings (SSSR count). The first kappa shape index (κ1) is 9.04. The number of fused-ring (bicyclic) bond motifs is 1. The van der Waals surface area contributed by atoms with Crippen molar-refractivity contribution in [2.75, 3.05) is 0 Å². The lowest BCUT2D eigenvalue weighted by Gasteiger charge is -1.98. The van der Waals surface area contributed by atoms with Gasteiger partial charge in [-0.15, -0.1) is 11.3 Å². The lowest BCUT2D eigenvalue weighted by molar-refractivity contribution is 1.17. The third kappa shape index (κ3) is 1.47. The van der Waals surface area contributed by atoms with Gasteiger partial charge in [0.1, 0.15) is 0 Å². The number of rotatable bonds is 1. The highest BCUT2D eigenvalue weighted by molar-refractivity contribution is 7.18. The van der Waals surface area contributed by atoms with Crippen molar-refractivity contribution in [2.45, 2.75) is 20.3 Å². The molecule has 0 aliphatic heterocycles. The van der Waals surface area contributed by atoms with Crippen molar-refractivity contribution >= 4 is 33.0 Å². The third-order valence-electron chi connectivity index (χ3n) is 2.23. The van der Waals surface area contributed by atoms with Crippen molar-refractivity contribution < 1.29 is 0 Å². The SMILES string of the molecule is CCc1csc2c(Cl)cc(C)cc12. The quantitative estimate of drug-likeness (QED) is 0.654. The van der Waals surface area contributed by atoms with Gasteiger partial charge < -0.3 is 0 Å². The summed E-state index contributed by atoms with van der Waals surface area (Å²) in [5.74, 6) is 0. The number of halogens is 1. The van der Waals surface area contributed by atoms with Gasteiger partial charge in [-0.25, -0.2) is 0 Å². The van der Waals surface area contributed by atoms with Crippen molar-refractivity contribution in [1.82, 2.24) is 0 Å². The van der Waals surface area contributed by atoms with Crippen LogP contribution in [0.15, 0.2) is 17.5 Å². The maximum atomic E-state index is 6.14. The van der Waals surface area contributed by atoms with Gasteiger partial charge in [-0.05, 0) is 41.3 Å². The molecule has 0 saturated carbocycles. The highest BCUT2D eigenvalue weighted by Gasteiger charge is 2.06. The van der Waals surface area contributed by atoms with Crippen LogP contribution in [-0.2, 0) is 6.42 Å². The summed E-state index contributed by atoms with van der Waals surface area (Å²) < 4.78 is 1.23. The van der Waals surface area contributed by atoms with Gasteiger partial charge in [-0.3, -0.25) is 0 Å². The van der Waals surface area contributed by atoms with E-state index in [4.69, 9.17) is 11.6 Å². The van der Waals surface area contributed by atoms with Gasteiger partial charge in [0, 0.05) is 0 Å². The summed E-state index contributed by atoms with van der Waals surface area (Å²) in [4.78, 5) is 0. The molecule has 0 atom stereocenters. The van der Waals surface area contributed by atoms with Crippen molar-refractivity contribution in [3.8, 4) is 0 Å². The fourth-order valence-electron chi connectivity index (χ4n) is 1.55. The van der Waals surface area contributed by atoms with Crippen LogP contribution in [0.4, 0.5) is 0 Å². The van der Waals surface area contributed by atoms with Crippen LogP contribution < -0.4 is 0 Å². The van der Waals surface area contributed by atoms with Crippen LogP contribution in [0, 0.1) is 6.92 Å². The normalized spacial score (nSPS) is 11.0. The molecule has 68 valence electrons. The number of hydrogen-bond acceptors (Lipinski definition) is 1. The van der Waals surface area contributed by atoms with Crippen molar-refractivity contribution in [2.24, 2.45) is 0 Å². The van der Waals surface area contributed by atoms with E-state index in [1.165, 1.54) is 21.2 Å². The van der Waals surface area contributed by atoms with Crippen LogP contribution in [0.3, 0.4) is 0 Å². The predicted molar refractivity (Wildman–Crippen MR) is 61.0 cm³/mol. The first-order chi connectivity index (χ1) is 6.22. The van der Waals surface area contributed by atoms with Crippen LogP contribution in [0.5, 0.6) is 0 Å². The number of benzene rings is 1. The molecule has 13 heavy (non-hydrogen) atoms. The molecule has 0 aliphatic carbocycles. The topological polar surface area (TPSA) is 0 Å². The first-order valence-electron chi connectivity index (χ1n) is 4.38. The van der Waals surface area contributed by atoms with E-state index in [9.17, 15) is 0 Å². The zero-order valence-electron chi connectivity index (χ0n) is 7.73. The van der Waals surface area contributed by atoms with E-state index in [1.807, 2.05) is 6.07 Å². The van der Waals surface area contributed by atoms with E-state index in [0.717, 1.165) is 11.4 Å². The van der Waals surface area contributed by atoms with Crippen molar-refractivity contribution in [1.29, 1.82) is 0 Å². The Morgan fingerprint density at radius 2 is 2.15 bits per heavy atom. The minimum Gasteiger partial charge on any atom is -0.142 e. The summed E-state index contributed by atoms with van der Waals surface area (Å²) >= 11 is 7.88. The van der Waals surface area contributed by atoms with Crippen molar-refractivity contribution in [3.63, 3.8) is 0 Å². The average molecular weight is 211 g/mol. The van der Waals surface area contributed by atoms with E-state index in [-0.39, 0.29) is 0 Å². The Balaban J connectivity index is 2.82. The van der Waals surface area contributed by atoms with Gasteiger partial charge >= 0.3 is 0 Å². The molecular formula is C11H11ClS. The van der Waals surface area contributed by atoms with Crippen LogP contribution >= 0.6 is 22.9 Å². The molecule has 1 heterocycles. The Morgan fingerprint density at radius 3 is 2.85 bits per heavy atom. The molecule has 2 aromatic rings. The van der Waals surface area contributed by atoms with E-state index in [1.54, 1.807) is 11.3 Å². The molecule has 1 aromatic carbocycles. The van der Waals surface area contributed by atoms with Crippen LogP contribution in [-0.4, -0.2) is 0 Å². The van der Waals surface area contributed by atoms with Gasteiger partial charge in [-0.2, -0.15) is 0 Å². The molecule has 0 unspecified atom stereocenters. The Labute approximate surface area is 87.2 Å². The highest BCUT2D eigenvalue weighted by atomic mass is 35.5. The second-order valence-electron chi connectivity index (χ2n) is 3.24. The smallest absolute Gasteiger partial charge is 0.0587 e. The molecule has 0 fully saturated rings. The minimum atomic E-state index is 0.889. The Hall–Kier alpha value is -0.530. The molecule has 2 heteroatoms. The average Bonchev–Trinajstić information content (AvgIpc) is 2.47. The number of aryl methyl sites for hydroxylation is 2. The molecule has 0 bridgehead atoms. The molecule has 1 aromatic heterocycles. The molecule has 0 radical (unpaired) electrons. The zero-order chi connectivity index (χ0) is 9.42. The maximum Gasteiger partial charge on any atom is 0.0587 e.